The van der Waals surface area contributed by atoms with Crippen molar-refractivity contribution in [3.8, 4) is 23.0 Å². The number of carbonyl (C=O) groups excluding carboxylic acids is 2. The van der Waals surface area contributed by atoms with E-state index in [2.05, 4.69) is 10.2 Å². The fourth-order valence-electron chi connectivity index (χ4n) is 3.87. The van der Waals surface area contributed by atoms with Crippen LogP contribution in [-0.2, 0) is 4.79 Å². The fourth-order valence-corrected chi connectivity index (χ4v) is 3.87. The summed E-state index contributed by atoms with van der Waals surface area (Å²) < 4.78 is 22.0. The minimum Gasteiger partial charge on any atom is -0.495 e. The summed E-state index contributed by atoms with van der Waals surface area (Å²) in [6.07, 6.45) is 3.06. The first kappa shape index (κ1) is 23.4. The zero-order valence-electron chi connectivity index (χ0n) is 19.6. The summed E-state index contributed by atoms with van der Waals surface area (Å²) in [5.41, 5.74) is 1.65. The highest BCUT2D eigenvalue weighted by Gasteiger charge is 2.22. The summed E-state index contributed by atoms with van der Waals surface area (Å²) in [6.45, 7) is 3.92. The zero-order valence-corrected chi connectivity index (χ0v) is 19.6. The molecule has 9 nitrogen and oxygen atoms in total. The number of nitrogens with zero attached hydrogens (tertiary/aromatic N) is 2. The Kier molecular flexibility index (Phi) is 7.22. The zero-order chi connectivity index (χ0) is 24.1. The molecule has 180 valence electrons. The molecule has 1 N–H and O–H groups in total. The van der Waals surface area contributed by atoms with E-state index in [-0.39, 0.29) is 11.8 Å². The number of ether oxygens (including phenoxy) is 4. The van der Waals surface area contributed by atoms with Gasteiger partial charge in [0.25, 0.3) is 5.91 Å². The molecule has 1 saturated heterocycles. The molecule has 0 bridgehead atoms. The van der Waals surface area contributed by atoms with E-state index in [1.807, 2.05) is 11.9 Å². The van der Waals surface area contributed by atoms with Crippen LogP contribution in [0, 0.1) is 0 Å². The highest BCUT2D eigenvalue weighted by atomic mass is 16.6. The van der Waals surface area contributed by atoms with Gasteiger partial charge in [-0.15, -0.1) is 0 Å². The molecule has 2 heterocycles. The number of likely N-dealkylation sites (N-methyl/N-ethyl adjacent to an activating group) is 1. The SMILES string of the molecule is COc1ccc(C(=O)N2CCN(C)CC2)cc1NC(=O)/C=C/c1cc(OC)c2c(c1)OCCO2. The van der Waals surface area contributed by atoms with Crippen LogP contribution in [-0.4, -0.2) is 82.3 Å². The first-order chi connectivity index (χ1) is 16.5. The predicted octanol–water partition coefficient (Wildman–Crippen LogP) is 2.51. The molecule has 2 aromatic rings. The van der Waals surface area contributed by atoms with Crippen molar-refractivity contribution >= 4 is 23.6 Å². The third-order valence-corrected chi connectivity index (χ3v) is 5.77. The smallest absolute Gasteiger partial charge is 0.254 e. The number of rotatable bonds is 6. The van der Waals surface area contributed by atoms with Crippen LogP contribution in [0.4, 0.5) is 5.69 Å². The van der Waals surface area contributed by atoms with Crippen molar-refractivity contribution < 1.29 is 28.5 Å². The average Bonchev–Trinajstić information content (AvgIpc) is 2.87. The van der Waals surface area contributed by atoms with Crippen molar-refractivity contribution in [2.45, 2.75) is 0 Å². The summed E-state index contributed by atoms with van der Waals surface area (Å²) in [7, 11) is 5.11. The van der Waals surface area contributed by atoms with E-state index in [4.69, 9.17) is 18.9 Å². The van der Waals surface area contributed by atoms with Gasteiger partial charge >= 0.3 is 0 Å². The van der Waals surface area contributed by atoms with Crippen LogP contribution in [0.25, 0.3) is 6.08 Å². The molecule has 2 amide bonds. The number of benzene rings is 2. The number of carbonyl (C=O) groups is 2. The molecule has 9 heteroatoms. The van der Waals surface area contributed by atoms with Gasteiger partial charge in [-0.2, -0.15) is 0 Å². The van der Waals surface area contributed by atoms with Gasteiger partial charge in [0.15, 0.2) is 11.5 Å². The molecule has 0 unspecified atom stereocenters. The molecule has 0 atom stereocenters. The molecule has 4 rings (SSSR count). The van der Waals surface area contributed by atoms with E-state index in [9.17, 15) is 9.59 Å². The van der Waals surface area contributed by atoms with Crippen LogP contribution < -0.4 is 24.3 Å². The number of methoxy groups -OCH3 is 2. The van der Waals surface area contributed by atoms with Gasteiger partial charge in [0.2, 0.25) is 11.7 Å². The van der Waals surface area contributed by atoms with Gasteiger partial charge in [-0.25, -0.2) is 0 Å². The molecule has 2 aromatic carbocycles. The molecule has 0 aromatic heterocycles. The molecule has 0 radical (unpaired) electrons. The maximum atomic E-state index is 12.9. The second kappa shape index (κ2) is 10.5. The van der Waals surface area contributed by atoms with Crippen molar-refractivity contribution in [3.05, 3.63) is 47.5 Å². The number of fused-ring (bicyclic) bond motifs is 1. The Morgan fingerprint density at radius 3 is 2.44 bits per heavy atom. The lowest BCUT2D eigenvalue weighted by Gasteiger charge is -2.32. The average molecular weight is 468 g/mol. The normalized spacial score (nSPS) is 15.8. The van der Waals surface area contributed by atoms with Crippen molar-refractivity contribution in [1.82, 2.24) is 9.80 Å². The molecular formula is C25H29N3O6. The second-order valence-electron chi connectivity index (χ2n) is 8.08. The molecule has 2 aliphatic rings. The molecule has 2 aliphatic heterocycles. The van der Waals surface area contributed by atoms with Crippen LogP contribution in [0.5, 0.6) is 23.0 Å². The maximum absolute atomic E-state index is 12.9. The number of amides is 2. The second-order valence-corrected chi connectivity index (χ2v) is 8.08. The summed E-state index contributed by atoms with van der Waals surface area (Å²) in [6, 6.07) is 8.61. The van der Waals surface area contributed by atoms with E-state index in [1.54, 1.807) is 43.5 Å². The van der Waals surface area contributed by atoms with E-state index in [1.165, 1.54) is 13.2 Å². The summed E-state index contributed by atoms with van der Waals surface area (Å²) >= 11 is 0. The number of hydrogen-bond donors (Lipinski definition) is 1. The first-order valence-electron chi connectivity index (χ1n) is 11.1. The fraction of sp³-hybridized carbons (Fsp3) is 0.360. The lowest BCUT2D eigenvalue weighted by Crippen LogP contribution is -2.47. The van der Waals surface area contributed by atoms with E-state index in [0.717, 1.165) is 18.7 Å². The first-order valence-corrected chi connectivity index (χ1v) is 11.1. The Hall–Kier alpha value is -3.72. The maximum Gasteiger partial charge on any atom is 0.254 e. The van der Waals surface area contributed by atoms with Crippen LogP contribution >= 0.6 is 0 Å². The number of piperazine rings is 1. The summed E-state index contributed by atoms with van der Waals surface area (Å²) in [5.74, 6) is 1.71. The topological polar surface area (TPSA) is 89.6 Å². The third kappa shape index (κ3) is 5.26. The Bertz CT molecular complexity index is 1080. The lowest BCUT2D eigenvalue weighted by molar-refractivity contribution is -0.111. The van der Waals surface area contributed by atoms with Crippen molar-refractivity contribution in [2.24, 2.45) is 0 Å². The lowest BCUT2D eigenvalue weighted by atomic mass is 10.1. The number of hydrogen-bond acceptors (Lipinski definition) is 7. The van der Waals surface area contributed by atoms with E-state index < -0.39 is 0 Å². The minimum atomic E-state index is -0.364. The van der Waals surface area contributed by atoms with Gasteiger partial charge in [0, 0.05) is 37.8 Å². The van der Waals surface area contributed by atoms with Gasteiger partial charge in [-0.05, 0) is 49.0 Å². The molecule has 0 spiro atoms. The number of anilines is 1. The Labute approximate surface area is 198 Å². The van der Waals surface area contributed by atoms with Crippen LogP contribution in [0.2, 0.25) is 0 Å². The predicted molar refractivity (Wildman–Crippen MR) is 128 cm³/mol. The molecule has 0 aliphatic carbocycles. The van der Waals surface area contributed by atoms with Crippen molar-refractivity contribution in [2.75, 3.05) is 66.0 Å². The molecule has 34 heavy (non-hydrogen) atoms. The van der Waals surface area contributed by atoms with Gasteiger partial charge in [-0.1, -0.05) is 0 Å². The van der Waals surface area contributed by atoms with Crippen LogP contribution in [0.1, 0.15) is 15.9 Å². The van der Waals surface area contributed by atoms with Gasteiger partial charge in [0.05, 0.1) is 19.9 Å². The largest absolute Gasteiger partial charge is 0.495 e. The number of nitrogens with one attached hydrogen (secondary N) is 1. The van der Waals surface area contributed by atoms with Crippen molar-refractivity contribution in [3.63, 3.8) is 0 Å². The quantitative estimate of drug-likeness (QED) is 0.653. The highest BCUT2D eigenvalue weighted by molar-refractivity contribution is 6.04. The molecule has 1 fully saturated rings. The Balaban J connectivity index is 1.48. The van der Waals surface area contributed by atoms with Crippen LogP contribution in [0.3, 0.4) is 0 Å². The molecule has 0 saturated carbocycles. The summed E-state index contributed by atoms with van der Waals surface area (Å²) in [4.78, 5) is 29.6. The highest BCUT2D eigenvalue weighted by Crippen LogP contribution is 2.40. The summed E-state index contributed by atoms with van der Waals surface area (Å²) in [5, 5.41) is 2.81. The van der Waals surface area contributed by atoms with Crippen LogP contribution in [0.15, 0.2) is 36.4 Å². The monoisotopic (exact) mass is 467 g/mol. The van der Waals surface area contributed by atoms with E-state index in [0.29, 0.717) is 60.6 Å². The Morgan fingerprint density at radius 1 is 0.971 bits per heavy atom. The molecular weight excluding hydrogens is 438 g/mol. The third-order valence-electron chi connectivity index (χ3n) is 5.77. The van der Waals surface area contributed by atoms with E-state index >= 15 is 0 Å². The standard InChI is InChI=1S/C25H29N3O6/c1-27-8-10-28(11-9-27)25(30)18-5-6-20(31-2)19(16-18)26-23(29)7-4-17-14-21(32-3)24-22(15-17)33-12-13-34-24/h4-7,14-16H,8-13H2,1-3H3,(H,26,29)/b7-4+. The van der Waals surface area contributed by atoms with Gasteiger partial charge < -0.3 is 34.1 Å². The minimum absolute atomic E-state index is 0.0647. The Morgan fingerprint density at radius 2 is 1.71 bits per heavy atom. The van der Waals surface area contributed by atoms with Gasteiger partial charge in [-0.3, -0.25) is 9.59 Å². The van der Waals surface area contributed by atoms with Crippen molar-refractivity contribution in [1.29, 1.82) is 0 Å². The van der Waals surface area contributed by atoms with Gasteiger partial charge in [0.1, 0.15) is 19.0 Å².